The summed E-state index contributed by atoms with van der Waals surface area (Å²) < 4.78 is 42.8. The van der Waals surface area contributed by atoms with Gasteiger partial charge in [0.05, 0.1) is 0 Å². The van der Waals surface area contributed by atoms with E-state index in [-0.39, 0.29) is 13.0 Å². The van der Waals surface area contributed by atoms with Crippen molar-refractivity contribution in [3.05, 3.63) is 30.9 Å². The summed E-state index contributed by atoms with van der Waals surface area (Å²) in [6.07, 6.45) is -0.810. The standard InChI is InChI=1S/C13H9F3N5O3S/c14-13(15,16)11(23)24-9(22)3-6-20-4-1-8(2-5-20)10-19-21-7-17-18-12(21)25-10/h1-2,4-5,7H,3,6H2/q+1. The Morgan fingerprint density at radius 1 is 1.28 bits per heavy atom. The van der Waals surface area contributed by atoms with E-state index in [1.54, 1.807) is 29.1 Å². The van der Waals surface area contributed by atoms with E-state index in [9.17, 15) is 22.8 Å². The van der Waals surface area contributed by atoms with Crippen molar-refractivity contribution in [2.24, 2.45) is 0 Å². The van der Waals surface area contributed by atoms with E-state index in [0.717, 1.165) is 5.56 Å². The molecule has 8 nitrogen and oxygen atoms in total. The Labute approximate surface area is 141 Å². The average Bonchev–Trinajstić information content (AvgIpc) is 3.14. The lowest BCUT2D eigenvalue weighted by Gasteiger charge is -2.04. The minimum absolute atomic E-state index is 0.0648. The van der Waals surface area contributed by atoms with E-state index in [1.807, 2.05) is 0 Å². The van der Waals surface area contributed by atoms with Gasteiger partial charge in [-0.2, -0.15) is 22.8 Å². The molecule has 25 heavy (non-hydrogen) atoms. The Kier molecular flexibility index (Phi) is 4.44. The van der Waals surface area contributed by atoms with E-state index in [4.69, 9.17) is 0 Å². The number of aryl methyl sites for hydroxylation is 1. The number of hydrogen-bond donors (Lipinski definition) is 0. The molecule has 0 saturated carbocycles. The van der Waals surface area contributed by atoms with E-state index in [2.05, 4.69) is 20.0 Å². The molecule has 3 aromatic heterocycles. The molecule has 0 atom stereocenters. The molecule has 0 fully saturated rings. The number of aromatic nitrogens is 5. The van der Waals surface area contributed by atoms with Gasteiger partial charge in [0.15, 0.2) is 18.9 Å². The number of nitrogens with zero attached hydrogens (tertiary/aromatic N) is 5. The first-order valence-electron chi connectivity index (χ1n) is 6.81. The Hall–Kier alpha value is -2.89. The normalized spacial score (nSPS) is 11.6. The van der Waals surface area contributed by atoms with Crippen molar-refractivity contribution in [1.29, 1.82) is 0 Å². The zero-order chi connectivity index (χ0) is 18.0. The van der Waals surface area contributed by atoms with Gasteiger partial charge in [0.2, 0.25) is 4.96 Å². The number of carbonyl (C=O) groups excluding carboxylic acids is 2. The fourth-order valence-electron chi connectivity index (χ4n) is 1.86. The summed E-state index contributed by atoms with van der Waals surface area (Å²) in [5.41, 5.74) is 0.807. The molecule has 0 saturated heterocycles. The molecule has 0 radical (unpaired) electrons. The third-order valence-electron chi connectivity index (χ3n) is 3.04. The maximum absolute atomic E-state index is 12.0. The first kappa shape index (κ1) is 17.0. The average molecular weight is 372 g/mol. The summed E-state index contributed by atoms with van der Waals surface area (Å²) in [6, 6.07) is 3.47. The summed E-state index contributed by atoms with van der Waals surface area (Å²) in [5.74, 6) is -3.76. The fraction of sp³-hybridized carbons (Fsp3) is 0.231. The van der Waals surface area contributed by atoms with Crippen LogP contribution in [0, 0.1) is 0 Å². The summed E-state index contributed by atoms with van der Waals surface area (Å²) in [4.78, 5) is 22.4. The van der Waals surface area contributed by atoms with Crippen molar-refractivity contribution in [3.63, 3.8) is 0 Å². The Morgan fingerprint density at radius 3 is 2.64 bits per heavy atom. The molecule has 0 aliphatic carbocycles. The fourth-order valence-corrected chi connectivity index (χ4v) is 2.68. The molecular weight excluding hydrogens is 363 g/mol. The molecule has 3 rings (SSSR count). The highest BCUT2D eigenvalue weighted by Crippen LogP contribution is 2.23. The van der Waals surface area contributed by atoms with Crippen LogP contribution in [-0.4, -0.2) is 37.9 Å². The topological polar surface area (TPSA) is 90.3 Å². The van der Waals surface area contributed by atoms with Crippen LogP contribution in [0.25, 0.3) is 15.5 Å². The minimum atomic E-state index is -5.19. The highest BCUT2D eigenvalue weighted by Gasteiger charge is 2.42. The number of hydrogen-bond acceptors (Lipinski definition) is 7. The van der Waals surface area contributed by atoms with Gasteiger partial charge in [-0.25, -0.2) is 9.36 Å². The Bertz CT molecular complexity index is 891. The molecular formula is C13H9F3N5O3S+. The van der Waals surface area contributed by atoms with Gasteiger partial charge in [-0.15, -0.1) is 10.2 Å². The van der Waals surface area contributed by atoms with E-state index in [1.165, 1.54) is 22.2 Å². The van der Waals surface area contributed by atoms with Crippen LogP contribution in [0.4, 0.5) is 13.2 Å². The number of esters is 2. The van der Waals surface area contributed by atoms with Gasteiger partial charge in [0.1, 0.15) is 17.8 Å². The van der Waals surface area contributed by atoms with Crippen molar-refractivity contribution in [1.82, 2.24) is 19.8 Å². The largest absolute Gasteiger partial charge is 0.491 e. The molecule has 0 N–H and O–H groups in total. The van der Waals surface area contributed by atoms with Crippen LogP contribution in [0.5, 0.6) is 0 Å². The third-order valence-corrected chi connectivity index (χ3v) is 4.00. The van der Waals surface area contributed by atoms with Crippen LogP contribution < -0.4 is 4.57 Å². The number of carbonyl (C=O) groups is 2. The third kappa shape index (κ3) is 3.96. The van der Waals surface area contributed by atoms with Crippen molar-refractivity contribution in [2.45, 2.75) is 19.1 Å². The molecule has 0 amide bonds. The van der Waals surface area contributed by atoms with Crippen molar-refractivity contribution in [3.8, 4) is 10.6 Å². The second kappa shape index (κ2) is 6.55. The Morgan fingerprint density at radius 2 is 2.00 bits per heavy atom. The van der Waals surface area contributed by atoms with Crippen LogP contribution >= 0.6 is 11.3 Å². The molecule has 0 aromatic carbocycles. The predicted molar refractivity (Wildman–Crippen MR) is 76.1 cm³/mol. The molecule has 0 bridgehead atoms. The lowest BCUT2D eigenvalue weighted by molar-refractivity contribution is -0.695. The molecule has 0 aliphatic heterocycles. The summed E-state index contributed by atoms with van der Waals surface area (Å²) >= 11 is 1.34. The lowest BCUT2D eigenvalue weighted by atomic mass is 10.3. The van der Waals surface area contributed by atoms with Crippen molar-refractivity contribution >= 4 is 28.2 Å². The zero-order valence-corrected chi connectivity index (χ0v) is 13.1. The Balaban J connectivity index is 1.58. The molecule has 0 unspecified atom stereocenters. The first-order chi connectivity index (χ1) is 11.8. The predicted octanol–water partition coefficient (Wildman–Crippen LogP) is 1.16. The van der Waals surface area contributed by atoms with E-state index >= 15 is 0 Å². The minimum Gasteiger partial charge on any atom is -0.386 e. The molecule has 0 spiro atoms. The number of rotatable bonds is 4. The monoisotopic (exact) mass is 372 g/mol. The second-order valence-corrected chi connectivity index (χ2v) is 5.76. The van der Waals surface area contributed by atoms with Gasteiger partial charge in [-0.3, -0.25) is 4.79 Å². The van der Waals surface area contributed by atoms with Crippen molar-refractivity contribution in [2.75, 3.05) is 0 Å². The maximum Gasteiger partial charge on any atom is 0.491 e. The molecule has 3 aromatic rings. The van der Waals surface area contributed by atoms with Gasteiger partial charge >= 0.3 is 18.1 Å². The highest BCUT2D eigenvalue weighted by molar-refractivity contribution is 7.19. The summed E-state index contributed by atoms with van der Waals surface area (Å²) in [7, 11) is 0. The van der Waals surface area contributed by atoms with Crippen LogP contribution in [-0.2, 0) is 20.9 Å². The number of alkyl halides is 3. The number of halogens is 3. The van der Waals surface area contributed by atoms with Gasteiger partial charge in [0, 0.05) is 17.7 Å². The number of ether oxygens (including phenoxy) is 1. The zero-order valence-electron chi connectivity index (χ0n) is 12.3. The summed E-state index contributed by atoms with van der Waals surface area (Å²) in [6.45, 7) is 0.0648. The SMILES string of the molecule is O=C(CC[n+]1ccc(-c2nn3cnnc3s2)cc1)OC(=O)C(F)(F)F. The lowest BCUT2D eigenvalue weighted by Crippen LogP contribution is -2.35. The smallest absolute Gasteiger partial charge is 0.386 e. The summed E-state index contributed by atoms with van der Waals surface area (Å²) in [5, 5.41) is 12.6. The van der Waals surface area contributed by atoms with Gasteiger partial charge in [-0.05, 0) is 0 Å². The second-order valence-electron chi connectivity index (χ2n) is 4.80. The molecule has 0 aliphatic rings. The maximum atomic E-state index is 12.0. The van der Waals surface area contributed by atoms with Gasteiger partial charge in [-0.1, -0.05) is 11.3 Å². The van der Waals surface area contributed by atoms with Crippen LogP contribution in [0.15, 0.2) is 30.9 Å². The van der Waals surface area contributed by atoms with Crippen LogP contribution in [0.3, 0.4) is 0 Å². The number of pyridine rings is 1. The van der Waals surface area contributed by atoms with E-state index < -0.39 is 18.1 Å². The van der Waals surface area contributed by atoms with Gasteiger partial charge in [0.25, 0.3) is 0 Å². The molecule has 12 heteroatoms. The quantitative estimate of drug-likeness (QED) is 0.388. The highest BCUT2D eigenvalue weighted by atomic mass is 32.1. The van der Waals surface area contributed by atoms with E-state index in [0.29, 0.717) is 9.97 Å². The molecule has 3 heterocycles. The molecule has 130 valence electrons. The van der Waals surface area contributed by atoms with Crippen molar-refractivity contribution < 1.29 is 32.1 Å². The van der Waals surface area contributed by atoms with Gasteiger partial charge < -0.3 is 4.74 Å². The van der Waals surface area contributed by atoms with Crippen LogP contribution in [0.1, 0.15) is 6.42 Å². The first-order valence-corrected chi connectivity index (χ1v) is 7.63. The number of fused-ring (bicyclic) bond motifs is 1. The van der Waals surface area contributed by atoms with Crippen LogP contribution in [0.2, 0.25) is 0 Å².